The Morgan fingerprint density at radius 3 is 2.70 bits per heavy atom. The topological polar surface area (TPSA) is 97.4 Å². The van der Waals surface area contributed by atoms with Crippen LogP contribution >= 0.6 is 0 Å². The number of fused-ring (bicyclic) bond motifs is 1. The van der Waals surface area contributed by atoms with Crippen LogP contribution in [0.4, 0.5) is 4.39 Å². The second kappa shape index (κ2) is 8.77. The molecular weight excluding hydrogens is 447 g/mol. The molecule has 0 amide bonds. The van der Waals surface area contributed by atoms with Crippen LogP contribution < -0.4 is 0 Å². The molecule has 9 nitrogen and oxygen atoms in total. The zero-order valence-electron chi connectivity index (χ0n) is 18.9. The summed E-state index contributed by atoms with van der Waals surface area (Å²) in [6.07, 6.45) is 5.50. The molecule has 33 heavy (non-hydrogen) atoms. The molecule has 1 atom stereocenters. The number of piperidine rings is 1. The number of sulfonamides is 1. The molecule has 2 aromatic heterocycles. The Labute approximate surface area is 192 Å². The van der Waals surface area contributed by atoms with Crippen molar-refractivity contribution in [3.63, 3.8) is 0 Å². The van der Waals surface area contributed by atoms with Crippen molar-refractivity contribution in [3.8, 4) is 5.95 Å². The third-order valence-corrected chi connectivity index (χ3v) is 8.17. The quantitative estimate of drug-likeness (QED) is 0.540. The van der Waals surface area contributed by atoms with Crippen molar-refractivity contribution in [2.45, 2.75) is 51.0 Å². The van der Waals surface area contributed by atoms with E-state index in [0.717, 1.165) is 56.4 Å². The van der Waals surface area contributed by atoms with Gasteiger partial charge in [-0.1, -0.05) is 19.1 Å². The van der Waals surface area contributed by atoms with Crippen LogP contribution in [0.2, 0.25) is 0 Å². The van der Waals surface area contributed by atoms with E-state index < -0.39 is 10.0 Å². The molecule has 0 spiro atoms. The molecule has 3 aromatic rings. The van der Waals surface area contributed by atoms with Crippen LogP contribution in [0.3, 0.4) is 0 Å². The average molecular weight is 477 g/mol. The summed E-state index contributed by atoms with van der Waals surface area (Å²) in [6, 6.07) is 5.00. The van der Waals surface area contributed by atoms with Crippen molar-refractivity contribution < 1.29 is 17.3 Å². The van der Waals surface area contributed by atoms with Crippen LogP contribution in [0.15, 0.2) is 22.7 Å². The van der Waals surface area contributed by atoms with E-state index in [1.165, 1.54) is 17.0 Å². The lowest BCUT2D eigenvalue weighted by atomic mass is 9.96. The molecule has 0 aliphatic carbocycles. The largest absolute Gasteiger partial charge is 0.337 e. The number of rotatable bonds is 6. The number of benzene rings is 1. The first-order valence-corrected chi connectivity index (χ1v) is 13.4. The maximum Gasteiger partial charge on any atom is 0.291 e. The lowest BCUT2D eigenvalue weighted by molar-refractivity contribution is 0.166. The van der Waals surface area contributed by atoms with Crippen LogP contribution in [-0.4, -0.2) is 76.0 Å². The highest BCUT2D eigenvalue weighted by Gasteiger charge is 2.34. The van der Waals surface area contributed by atoms with Gasteiger partial charge in [0.1, 0.15) is 11.3 Å². The summed E-state index contributed by atoms with van der Waals surface area (Å²) in [5, 5.41) is 9.38. The van der Waals surface area contributed by atoms with Gasteiger partial charge in [0.2, 0.25) is 15.9 Å². The van der Waals surface area contributed by atoms with E-state index in [9.17, 15) is 12.8 Å². The Kier molecular flexibility index (Phi) is 5.96. The zero-order valence-corrected chi connectivity index (χ0v) is 19.8. The predicted octanol–water partition coefficient (Wildman–Crippen LogP) is 2.71. The van der Waals surface area contributed by atoms with Crippen molar-refractivity contribution in [3.05, 3.63) is 35.6 Å². The first-order chi connectivity index (χ1) is 15.8. The van der Waals surface area contributed by atoms with E-state index in [4.69, 9.17) is 4.52 Å². The zero-order chi connectivity index (χ0) is 23.2. The van der Waals surface area contributed by atoms with Gasteiger partial charge in [0.15, 0.2) is 0 Å². The van der Waals surface area contributed by atoms with Crippen molar-refractivity contribution in [2.75, 3.05) is 32.4 Å². The normalized spacial score (nSPS) is 21.4. The molecule has 2 aliphatic heterocycles. The molecule has 2 saturated heterocycles. The summed E-state index contributed by atoms with van der Waals surface area (Å²) in [7, 11) is -3.16. The Hall–Kier alpha value is -2.37. The highest BCUT2D eigenvalue weighted by Crippen LogP contribution is 2.30. The maximum atomic E-state index is 14.6. The number of likely N-dealkylation sites (tertiary alicyclic amines) is 1. The number of aryl methyl sites for hydroxylation is 1. The van der Waals surface area contributed by atoms with Crippen molar-refractivity contribution in [1.82, 2.24) is 29.1 Å². The maximum absolute atomic E-state index is 14.6. The third-order valence-electron chi connectivity index (χ3n) is 6.84. The number of hydrogen-bond acceptors (Lipinski definition) is 7. The van der Waals surface area contributed by atoms with Gasteiger partial charge in [-0.05, 0) is 56.4 Å². The summed E-state index contributed by atoms with van der Waals surface area (Å²) < 4.78 is 47.2. The van der Waals surface area contributed by atoms with Gasteiger partial charge in [-0.25, -0.2) is 12.8 Å². The van der Waals surface area contributed by atoms with Crippen molar-refractivity contribution >= 4 is 20.9 Å². The second-order valence-corrected chi connectivity index (χ2v) is 11.0. The lowest BCUT2D eigenvalue weighted by Gasteiger charge is -2.34. The fourth-order valence-corrected chi connectivity index (χ4v) is 6.34. The summed E-state index contributed by atoms with van der Waals surface area (Å²) in [5.74, 6) is 0.544. The van der Waals surface area contributed by atoms with Gasteiger partial charge in [0.25, 0.3) is 5.95 Å². The first kappa shape index (κ1) is 22.4. The molecule has 11 heteroatoms. The Morgan fingerprint density at radius 2 is 1.97 bits per heavy atom. The van der Waals surface area contributed by atoms with Gasteiger partial charge in [0.05, 0.1) is 11.9 Å². The fraction of sp³-hybridized carbons (Fsp3) is 0.591. The van der Waals surface area contributed by atoms with E-state index in [-0.39, 0.29) is 23.7 Å². The van der Waals surface area contributed by atoms with E-state index in [1.54, 1.807) is 10.4 Å². The molecule has 0 bridgehead atoms. The third kappa shape index (κ3) is 4.29. The standard InChI is InChI=1S/C22H29FN6O3S/c1-3-19-17-7-4-8-18(23)20(17)29(25-19)22-24-21(32-26-22)15-9-12-27(13-10-15)14-16-6-5-11-28(16)33(2,30)31/h4,7-8,15-16H,3,5-6,9-14H2,1-2H3/t16-/m0/s1. The van der Waals surface area contributed by atoms with Gasteiger partial charge in [-0.15, -0.1) is 0 Å². The Balaban J connectivity index is 1.27. The molecule has 0 saturated carbocycles. The minimum Gasteiger partial charge on any atom is -0.337 e. The van der Waals surface area contributed by atoms with Gasteiger partial charge in [-0.3, -0.25) is 0 Å². The average Bonchev–Trinajstić information content (AvgIpc) is 3.52. The molecule has 0 unspecified atom stereocenters. The van der Waals surface area contributed by atoms with Crippen LogP contribution in [0.1, 0.15) is 50.1 Å². The SMILES string of the molecule is CCc1nn(-c2noc(C3CCN(C[C@@H]4CCCN4S(C)(=O)=O)CC3)n2)c2c(F)cccc12. The van der Waals surface area contributed by atoms with Crippen LogP contribution in [-0.2, 0) is 16.4 Å². The van der Waals surface area contributed by atoms with Crippen LogP contribution in [0.25, 0.3) is 16.9 Å². The summed E-state index contributed by atoms with van der Waals surface area (Å²) in [4.78, 5) is 6.89. The van der Waals surface area contributed by atoms with Gasteiger partial charge >= 0.3 is 0 Å². The molecule has 2 aliphatic rings. The molecule has 178 valence electrons. The molecule has 5 rings (SSSR count). The summed E-state index contributed by atoms with van der Waals surface area (Å²) in [5.41, 5.74) is 1.16. The smallest absolute Gasteiger partial charge is 0.291 e. The number of hydrogen-bond donors (Lipinski definition) is 0. The molecule has 4 heterocycles. The molecule has 2 fully saturated rings. The van der Waals surface area contributed by atoms with Crippen molar-refractivity contribution in [1.29, 1.82) is 0 Å². The minimum atomic E-state index is -3.16. The summed E-state index contributed by atoms with van der Waals surface area (Å²) >= 11 is 0. The Morgan fingerprint density at radius 1 is 1.18 bits per heavy atom. The highest BCUT2D eigenvalue weighted by molar-refractivity contribution is 7.88. The monoisotopic (exact) mass is 476 g/mol. The van der Waals surface area contributed by atoms with E-state index in [2.05, 4.69) is 20.1 Å². The number of para-hydroxylation sites is 1. The van der Waals surface area contributed by atoms with E-state index in [0.29, 0.717) is 24.4 Å². The predicted molar refractivity (Wildman–Crippen MR) is 121 cm³/mol. The molecule has 0 N–H and O–H groups in total. The molecule has 0 radical (unpaired) electrons. The van der Waals surface area contributed by atoms with Crippen LogP contribution in [0.5, 0.6) is 0 Å². The fourth-order valence-electron chi connectivity index (χ4n) is 5.16. The van der Waals surface area contributed by atoms with Crippen molar-refractivity contribution in [2.24, 2.45) is 0 Å². The van der Waals surface area contributed by atoms with Gasteiger partial charge in [-0.2, -0.15) is 19.1 Å². The second-order valence-electron chi connectivity index (χ2n) is 9.03. The van der Waals surface area contributed by atoms with Gasteiger partial charge < -0.3 is 9.42 Å². The van der Waals surface area contributed by atoms with E-state index >= 15 is 0 Å². The number of aromatic nitrogens is 4. The van der Waals surface area contributed by atoms with Gasteiger partial charge in [0, 0.05) is 30.4 Å². The number of nitrogens with zero attached hydrogens (tertiary/aromatic N) is 6. The first-order valence-electron chi connectivity index (χ1n) is 11.5. The minimum absolute atomic E-state index is 0.0577. The highest BCUT2D eigenvalue weighted by atomic mass is 32.2. The van der Waals surface area contributed by atoms with Crippen LogP contribution in [0, 0.1) is 5.82 Å². The summed E-state index contributed by atoms with van der Waals surface area (Å²) in [6.45, 7) is 5.04. The van der Waals surface area contributed by atoms with E-state index in [1.807, 2.05) is 13.0 Å². The lowest BCUT2D eigenvalue weighted by Crippen LogP contribution is -2.45. The number of halogens is 1. The molecule has 1 aromatic carbocycles. The molecular formula is C22H29FN6O3S. The Bertz CT molecular complexity index is 1250.